The Balaban J connectivity index is 0.00000242. The van der Waals surface area contributed by atoms with Crippen LogP contribution in [-0.4, -0.2) is 31.7 Å². The third kappa shape index (κ3) is 4.70. The fraction of sp³-hybridized carbons (Fsp3) is 0.588. The van der Waals surface area contributed by atoms with Crippen LogP contribution in [0, 0.1) is 0 Å². The molecule has 0 saturated carbocycles. The minimum Gasteiger partial charge on any atom is -0.368 e. The van der Waals surface area contributed by atoms with Crippen molar-refractivity contribution in [3.05, 3.63) is 29.8 Å². The highest BCUT2D eigenvalue weighted by Gasteiger charge is 2.39. The van der Waals surface area contributed by atoms with Gasteiger partial charge in [0.1, 0.15) is 5.60 Å². The SMILES string of the molecule is CCCCc1ccc(NC(=O)C2(OC)CCNCC2)cc1.Cl. The molecule has 1 aliphatic rings. The summed E-state index contributed by atoms with van der Waals surface area (Å²) in [5.74, 6) is -0.0344. The van der Waals surface area contributed by atoms with E-state index in [9.17, 15) is 4.79 Å². The lowest BCUT2D eigenvalue weighted by atomic mass is 9.91. The summed E-state index contributed by atoms with van der Waals surface area (Å²) in [4.78, 5) is 12.5. The van der Waals surface area contributed by atoms with E-state index in [4.69, 9.17) is 4.74 Å². The van der Waals surface area contributed by atoms with E-state index in [1.165, 1.54) is 18.4 Å². The van der Waals surface area contributed by atoms with Crippen LogP contribution in [-0.2, 0) is 16.0 Å². The number of methoxy groups -OCH3 is 1. The van der Waals surface area contributed by atoms with E-state index in [-0.39, 0.29) is 18.3 Å². The monoisotopic (exact) mass is 326 g/mol. The van der Waals surface area contributed by atoms with Crippen LogP contribution in [0.2, 0.25) is 0 Å². The maximum Gasteiger partial charge on any atom is 0.256 e. The Morgan fingerprint density at radius 2 is 1.91 bits per heavy atom. The lowest BCUT2D eigenvalue weighted by Gasteiger charge is -2.34. The zero-order valence-electron chi connectivity index (χ0n) is 13.5. The summed E-state index contributed by atoms with van der Waals surface area (Å²) in [6, 6.07) is 8.14. The summed E-state index contributed by atoms with van der Waals surface area (Å²) in [5, 5.41) is 6.25. The number of carbonyl (C=O) groups is 1. The van der Waals surface area contributed by atoms with E-state index >= 15 is 0 Å². The highest BCUT2D eigenvalue weighted by atomic mass is 35.5. The maximum atomic E-state index is 12.5. The molecule has 5 heteroatoms. The van der Waals surface area contributed by atoms with Crippen LogP contribution in [0.15, 0.2) is 24.3 Å². The Morgan fingerprint density at radius 1 is 1.27 bits per heavy atom. The summed E-state index contributed by atoms with van der Waals surface area (Å²) in [6.45, 7) is 3.83. The molecule has 1 saturated heterocycles. The number of aryl methyl sites for hydroxylation is 1. The first-order chi connectivity index (χ1) is 10.2. The van der Waals surface area contributed by atoms with Crippen LogP contribution < -0.4 is 10.6 Å². The van der Waals surface area contributed by atoms with Gasteiger partial charge in [-0.1, -0.05) is 25.5 Å². The van der Waals surface area contributed by atoms with E-state index in [0.29, 0.717) is 12.8 Å². The Morgan fingerprint density at radius 3 is 2.45 bits per heavy atom. The number of carbonyl (C=O) groups excluding carboxylic acids is 1. The third-order valence-corrected chi connectivity index (χ3v) is 4.25. The molecule has 124 valence electrons. The van der Waals surface area contributed by atoms with Crippen LogP contribution in [0.1, 0.15) is 38.2 Å². The molecule has 22 heavy (non-hydrogen) atoms. The molecule has 0 aromatic heterocycles. The van der Waals surface area contributed by atoms with Gasteiger partial charge in [-0.2, -0.15) is 0 Å². The Bertz CT molecular complexity index is 456. The first-order valence-electron chi connectivity index (χ1n) is 7.86. The van der Waals surface area contributed by atoms with Crippen LogP contribution in [0.3, 0.4) is 0 Å². The fourth-order valence-electron chi connectivity index (χ4n) is 2.74. The number of anilines is 1. The van der Waals surface area contributed by atoms with Gasteiger partial charge in [0, 0.05) is 12.8 Å². The number of unbranched alkanes of at least 4 members (excludes halogenated alkanes) is 1. The summed E-state index contributed by atoms with van der Waals surface area (Å²) in [5.41, 5.74) is 1.47. The topological polar surface area (TPSA) is 50.4 Å². The summed E-state index contributed by atoms with van der Waals surface area (Å²) in [7, 11) is 1.62. The van der Waals surface area contributed by atoms with E-state index in [1.807, 2.05) is 12.1 Å². The van der Waals surface area contributed by atoms with Gasteiger partial charge in [0.05, 0.1) is 0 Å². The summed E-state index contributed by atoms with van der Waals surface area (Å²) < 4.78 is 5.54. The molecule has 2 N–H and O–H groups in total. The lowest BCUT2D eigenvalue weighted by Crippen LogP contribution is -2.51. The second kappa shape index (κ2) is 9.13. The molecule has 1 aliphatic heterocycles. The molecule has 1 aromatic carbocycles. The predicted molar refractivity (Wildman–Crippen MR) is 92.8 cm³/mol. The quantitative estimate of drug-likeness (QED) is 0.844. The molecule has 0 atom stereocenters. The standard InChI is InChI=1S/C17H26N2O2.ClH/c1-3-4-5-14-6-8-15(9-7-14)19-16(20)17(21-2)10-12-18-13-11-17;/h6-9,18H,3-5,10-13H2,1-2H3,(H,19,20);1H. The van der Waals surface area contributed by atoms with Crippen LogP contribution in [0.5, 0.6) is 0 Å². The summed E-state index contributed by atoms with van der Waals surface area (Å²) >= 11 is 0. The molecule has 0 spiro atoms. The molecule has 1 fully saturated rings. The van der Waals surface area contributed by atoms with E-state index in [1.54, 1.807) is 7.11 Å². The first-order valence-corrected chi connectivity index (χ1v) is 7.86. The molecule has 0 aliphatic carbocycles. The lowest BCUT2D eigenvalue weighted by molar-refractivity contribution is -0.140. The van der Waals surface area contributed by atoms with Crippen molar-refractivity contribution in [2.24, 2.45) is 0 Å². The molecule has 2 rings (SSSR count). The smallest absolute Gasteiger partial charge is 0.256 e. The van der Waals surface area contributed by atoms with Gasteiger partial charge >= 0.3 is 0 Å². The zero-order chi connectivity index (χ0) is 15.1. The average Bonchev–Trinajstić information content (AvgIpc) is 2.54. The van der Waals surface area contributed by atoms with Crippen LogP contribution in [0.4, 0.5) is 5.69 Å². The fourth-order valence-corrected chi connectivity index (χ4v) is 2.74. The number of rotatable bonds is 6. The number of nitrogens with one attached hydrogen (secondary N) is 2. The summed E-state index contributed by atoms with van der Waals surface area (Å²) in [6.07, 6.45) is 4.92. The molecule has 1 aromatic rings. The molecule has 1 amide bonds. The molecule has 0 unspecified atom stereocenters. The second-order valence-electron chi connectivity index (χ2n) is 5.70. The Labute approximate surface area is 139 Å². The number of hydrogen-bond acceptors (Lipinski definition) is 3. The van der Waals surface area contributed by atoms with E-state index in [2.05, 4.69) is 29.7 Å². The minimum absolute atomic E-state index is 0. The van der Waals surface area contributed by atoms with Crippen molar-refractivity contribution in [1.82, 2.24) is 5.32 Å². The van der Waals surface area contributed by atoms with Crippen LogP contribution in [0.25, 0.3) is 0 Å². The third-order valence-electron chi connectivity index (χ3n) is 4.25. The molecule has 0 bridgehead atoms. The van der Waals surface area contributed by atoms with E-state index in [0.717, 1.165) is 25.2 Å². The number of halogens is 1. The van der Waals surface area contributed by atoms with Crippen molar-refractivity contribution in [1.29, 1.82) is 0 Å². The zero-order valence-corrected chi connectivity index (χ0v) is 14.3. The Hall–Kier alpha value is -1.10. The number of amides is 1. The van der Waals surface area contributed by atoms with Crippen molar-refractivity contribution >= 4 is 24.0 Å². The second-order valence-corrected chi connectivity index (χ2v) is 5.70. The largest absolute Gasteiger partial charge is 0.368 e. The molecular formula is C17H27ClN2O2. The average molecular weight is 327 g/mol. The van der Waals surface area contributed by atoms with Crippen molar-refractivity contribution in [2.45, 2.75) is 44.6 Å². The van der Waals surface area contributed by atoms with Crippen molar-refractivity contribution in [3.8, 4) is 0 Å². The first kappa shape index (κ1) is 18.9. The van der Waals surface area contributed by atoms with Crippen molar-refractivity contribution in [2.75, 3.05) is 25.5 Å². The van der Waals surface area contributed by atoms with Crippen molar-refractivity contribution < 1.29 is 9.53 Å². The van der Waals surface area contributed by atoms with Gasteiger partial charge < -0.3 is 15.4 Å². The van der Waals surface area contributed by atoms with Gasteiger partial charge in [-0.05, 0) is 56.5 Å². The van der Waals surface area contributed by atoms with Gasteiger partial charge in [-0.25, -0.2) is 0 Å². The normalized spacial score (nSPS) is 16.6. The molecular weight excluding hydrogens is 300 g/mol. The maximum absolute atomic E-state index is 12.5. The van der Waals surface area contributed by atoms with Crippen LogP contribution >= 0.6 is 12.4 Å². The minimum atomic E-state index is -0.688. The van der Waals surface area contributed by atoms with Gasteiger partial charge in [0.2, 0.25) is 0 Å². The highest BCUT2D eigenvalue weighted by Crippen LogP contribution is 2.24. The number of ether oxygens (including phenoxy) is 1. The van der Waals surface area contributed by atoms with Crippen molar-refractivity contribution in [3.63, 3.8) is 0 Å². The predicted octanol–water partition coefficient (Wildman–Crippen LogP) is 3.16. The van der Waals surface area contributed by atoms with Gasteiger partial charge in [0.25, 0.3) is 5.91 Å². The number of benzene rings is 1. The molecule has 4 nitrogen and oxygen atoms in total. The molecule has 0 radical (unpaired) electrons. The Kier molecular flexibility index (Phi) is 7.87. The van der Waals surface area contributed by atoms with Gasteiger partial charge in [-0.15, -0.1) is 12.4 Å². The number of hydrogen-bond donors (Lipinski definition) is 2. The van der Waals surface area contributed by atoms with E-state index < -0.39 is 5.60 Å². The number of piperidine rings is 1. The molecule has 1 heterocycles. The van der Waals surface area contributed by atoms with Gasteiger partial charge in [-0.3, -0.25) is 4.79 Å². The highest BCUT2D eigenvalue weighted by molar-refractivity contribution is 5.97. The van der Waals surface area contributed by atoms with Gasteiger partial charge in [0.15, 0.2) is 0 Å².